The van der Waals surface area contributed by atoms with E-state index in [1.54, 1.807) is 13.2 Å². The van der Waals surface area contributed by atoms with Crippen molar-refractivity contribution < 1.29 is 18.7 Å². The third-order valence-electron chi connectivity index (χ3n) is 6.88. The fourth-order valence-electron chi connectivity index (χ4n) is 5.00. The van der Waals surface area contributed by atoms with E-state index in [0.29, 0.717) is 18.8 Å². The van der Waals surface area contributed by atoms with Crippen LogP contribution < -0.4 is 20.7 Å². The van der Waals surface area contributed by atoms with Crippen LogP contribution in [0.5, 0.6) is 5.75 Å². The van der Waals surface area contributed by atoms with Gasteiger partial charge in [0, 0.05) is 39.5 Å². The Hall–Kier alpha value is -4.09. The van der Waals surface area contributed by atoms with Crippen molar-refractivity contribution in [3.05, 3.63) is 59.9 Å². The molecule has 0 radical (unpaired) electrons. The Morgan fingerprint density at radius 1 is 1.21 bits per heavy atom. The molecule has 0 bridgehead atoms. The average Bonchev–Trinajstić information content (AvgIpc) is 3.53. The molecule has 11 heteroatoms. The number of amides is 1. The number of ether oxygens (including phenoxy) is 2. The van der Waals surface area contributed by atoms with E-state index in [-0.39, 0.29) is 28.9 Å². The molecule has 1 fully saturated rings. The number of fused-ring (bicyclic) bond motifs is 1. The molecule has 198 valence electrons. The SMILES string of the molecule is COCc1nc2c(N3CCC[C@H]3CN)c(NC(=O)c3ccnc(-c4c(F)cccc4OC)n3)ccc2n1C. The summed E-state index contributed by atoms with van der Waals surface area (Å²) < 4.78 is 27.2. The molecule has 2 aromatic carbocycles. The molecule has 2 aromatic heterocycles. The number of anilines is 2. The molecule has 3 heterocycles. The van der Waals surface area contributed by atoms with Crippen molar-refractivity contribution in [1.82, 2.24) is 19.5 Å². The highest BCUT2D eigenvalue weighted by molar-refractivity contribution is 6.08. The minimum Gasteiger partial charge on any atom is -0.496 e. The molecule has 38 heavy (non-hydrogen) atoms. The maximum Gasteiger partial charge on any atom is 0.274 e. The average molecular weight is 520 g/mol. The zero-order valence-electron chi connectivity index (χ0n) is 21.6. The molecule has 0 unspecified atom stereocenters. The molecular weight excluding hydrogens is 489 g/mol. The third kappa shape index (κ3) is 4.54. The summed E-state index contributed by atoms with van der Waals surface area (Å²) in [6.45, 7) is 1.64. The molecule has 1 amide bonds. The van der Waals surface area contributed by atoms with Gasteiger partial charge in [-0.3, -0.25) is 4.79 Å². The summed E-state index contributed by atoms with van der Waals surface area (Å²) in [6.07, 6.45) is 3.37. The van der Waals surface area contributed by atoms with E-state index in [9.17, 15) is 9.18 Å². The first kappa shape index (κ1) is 25.6. The zero-order valence-corrected chi connectivity index (χ0v) is 21.6. The van der Waals surface area contributed by atoms with Crippen LogP contribution in [0.25, 0.3) is 22.4 Å². The van der Waals surface area contributed by atoms with Gasteiger partial charge < -0.3 is 30.0 Å². The predicted molar refractivity (Wildman–Crippen MR) is 143 cm³/mol. The number of nitrogens with zero attached hydrogens (tertiary/aromatic N) is 5. The lowest BCUT2D eigenvalue weighted by Crippen LogP contribution is -2.36. The topological polar surface area (TPSA) is 120 Å². The Labute approximate surface area is 219 Å². The lowest BCUT2D eigenvalue weighted by molar-refractivity contribution is 0.102. The highest BCUT2D eigenvalue weighted by Crippen LogP contribution is 2.39. The maximum absolute atomic E-state index is 14.6. The van der Waals surface area contributed by atoms with Gasteiger partial charge in [-0.05, 0) is 43.2 Å². The molecule has 0 aliphatic carbocycles. The summed E-state index contributed by atoms with van der Waals surface area (Å²) in [7, 11) is 5.01. The number of hydrogen-bond acceptors (Lipinski definition) is 8. The van der Waals surface area contributed by atoms with Crippen LogP contribution in [0.15, 0.2) is 42.6 Å². The molecule has 0 spiro atoms. The lowest BCUT2D eigenvalue weighted by atomic mass is 10.1. The molecule has 5 rings (SSSR count). The normalized spacial score (nSPS) is 15.3. The number of nitrogens with one attached hydrogen (secondary N) is 1. The van der Waals surface area contributed by atoms with E-state index in [4.69, 9.17) is 20.2 Å². The van der Waals surface area contributed by atoms with Crippen molar-refractivity contribution in [2.24, 2.45) is 12.8 Å². The van der Waals surface area contributed by atoms with E-state index in [1.807, 2.05) is 23.7 Å². The number of aryl methyl sites for hydroxylation is 1. The standard InChI is InChI=1S/C27H30FN7O3/c1-34-20-10-9-18(25(24(20)33-22(34)15-37-2)35-13-5-6-16(35)14-29)32-27(36)19-11-12-30-26(31-19)23-17(28)7-4-8-21(23)38-3/h4,7-12,16H,5-6,13-15,29H2,1-3H3,(H,32,36)/t16-/m0/s1. The number of methoxy groups -OCH3 is 2. The van der Waals surface area contributed by atoms with Gasteiger partial charge in [0.2, 0.25) is 0 Å². The van der Waals surface area contributed by atoms with Gasteiger partial charge in [-0.25, -0.2) is 19.3 Å². The van der Waals surface area contributed by atoms with Crippen molar-refractivity contribution in [1.29, 1.82) is 0 Å². The van der Waals surface area contributed by atoms with Crippen LogP contribution in [0.4, 0.5) is 15.8 Å². The molecule has 0 saturated carbocycles. The first-order valence-electron chi connectivity index (χ1n) is 12.4. The number of rotatable bonds is 8. The summed E-state index contributed by atoms with van der Waals surface area (Å²) >= 11 is 0. The summed E-state index contributed by atoms with van der Waals surface area (Å²) in [5, 5.41) is 3.01. The molecule has 4 aromatic rings. The summed E-state index contributed by atoms with van der Waals surface area (Å²) in [6, 6.07) is 9.85. The fourth-order valence-corrected chi connectivity index (χ4v) is 5.00. The fraction of sp³-hybridized carbons (Fsp3) is 0.333. The van der Waals surface area contributed by atoms with Crippen LogP contribution in [0.1, 0.15) is 29.2 Å². The molecule has 3 N–H and O–H groups in total. The van der Waals surface area contributed by atoms with Crippen LogP contribution in [0.2, 0.25) is 0 Å². The van der Waals surface area contributed by atoms with Crippen molar-refractivity contribution in [3.8, 4) is 17.1 Å². The summed E-state index contributed by atoms with van der Waals surface area (Å²) in [4.78, 5) is 29.1. The third-order valence-corrected chi connectivity index (χ3v) is 6.88. The Balaban J connectivity index is 1.56. The lowest BCUT2D eigenvalue weighted by Gasteiger charge is -2.28. The minimum absolute atomic E-state index is 0.0555. The van der Waals surface area contributed by atoms with Gasteiger partial charge in [0.25, 0.3) is 5.91 Å². The van der Waals surface area contributed by atoms with E-state index in [1.165, 1.54) is 31.5 Å². The zero-order chi connectivity index (χ0) is 26.8. The van der Waals surface area contributed by atoms with Gasteiger partial charge in [0.15, 0.2) is 5.82 Å². The van der Waals surface area contributed by atoms with E-state index < -0.39 is 11.7 Å². The summed E-state index contributed by atoms with van der Waals surface area (Å²) in [5.74, 6) is 0.105. The highest BCUT2D eigenvalue weighted by atomic mass is 19.1. The number of carbonyl (C=O) groups is 1. The van der Waals surface area contributed by atoms with Gasteiger partial charge in [-0.1, -0.05) is 6.07 Å². The van der Waals surface area contributed by atoms with Crippen LogP contribution in [0.3, 0.4) is 0 Å². The molecule has 10 nitrogen and oxygen atoms in total. The number of benzene rings is 2. The van der Waals surface area contributed by atoms with Crippen LogP contribution in [-0.4, -0.2) is 58.8 Å². The van der Waals surface area contributed by atoms with Crippen molar-refractivity contribution >= 4 is 28.3 Å². The Morgan fingerprint density at radius 3 is 2.82 bits per heavy atom. The van der Waals surface area contributed by atoms with Crippen molar-refractivity contribution in [2.45, 2.75) is 25.5 Å². The van der Waals surface area contributed by atoms with Gasteiger partial charge in [0.1, 0.15) is 35.2 Å². The minimum atomic E-state index is -0.543. The Bertz CT molecular complexity index is 1490. The van der Waals surface area contributed by atoms with Crippen LogP contribution in [0, 0.1) is 5.82 Å². The number of aromatic nitrogens is 4. The quantitative estimate of drug-likeness (QED) is 0.363. The second kappa shape index (κ2) is 10.7. The molecule has 1 aliphatic rings. The van der Waals surface area contributed by atoms with Crippen molar-refractivity contribution in [2.75, 3.05) is 37.5 Å². The summed E-state index contributed by atoms with van der Waals surface area (Å²) in [5.41, 5.74) is 9.37. The van der Waals surface area contributed by atoms with Crippen LogP contribution >= 0.6 is 0 Å². The van der Waals surface area contributed by atoms with E-state index >= 15 is 0 Å². The van der Waals surface area contributed by atoms with Crippen molar-refractivity contribution in [3.63, 3.8) is 0 Å². The van der Waals surface area contributed by atoms with Gasteiger partial charge >= 0.3 is 0 Å². The second-order valence-corrected chi connectivity index (χ2v) is 9.11. The molecule has 1 atom stereocenters. The first-order valence-corrected chi connectivity index (χ1v) is 12.4. The molecule has 1 aliphatic heterocycles. The highest BCUT2D eigenvalue weighted by Gasteiger charge is 2.29. The van der Waals surface area contributed by atoms with Gasteiger partial charge in [0.05, 0.1) is 29.6 Å². The van der Waals surface area contributed by atoms with E-state index in [2.05, 4.69) is 20.2 Å². The number of hydrogen-bond donors (Lipinski definition) is 2. The number of nitrogens with two attached hydrogens (primary N) is 1. The second-order valence-electron chi connectivity index (χ2n) is 9.11. The van der Waals surface area contributed by atoms with Gasteiger partial charge in [-0.2, -0.15) is 0 Å². The van der Waals surface area contributed by atoms with Crippen LogP contribution in [-0.2, 0) is 18.4 Å². The van der Waals surface area contributed by atoms with Gasteiger partial charge in [-0.15, -0.1) is 0 Å². The smallest absolute Gasteiger partial charge is 0.274 e. The molecule has 1 saturated heterocycles. The monoisotopic (exact) mass is 519 g/mol. The predicted octanol–water partition coefficient (Wildman–Crippen LogP) is 3.50. The maximum atomic E-state index is 14.6. The first-order chi connectivity index (χ1) is 18.5. The number of imidazole rings is 1. The largest absolute Gasteiger partial charge is 0.496 e. The number of halogens is 1. The van der Waals surface area contributed by atoms with E-state index in [0.717, 1.165) is 41.9 Å². The Kier molecular flexibility index (Phi) is 7.21. The Morgan fingerprint density at radius 2 is 2.05 bits per heavy atom. The molecular formula is C27H30FN7O3. The number of carbonyl (C=O) groups excluding carboxylic acids is 1.